The van der Waals surface area contributed by atoms with Gasteiger partial charge in [-0.15, -0.1) is 0 Å². The van der Waals surface area contributed by atoms with Crippen molar-refractivity contribution in [3.05, 3.63) is 17.7 Å². The minimum absolute atomic E-state index is 0.150. The van der Waals surface area contributed by atoms with Crippen LogP contribution < -0.4 is 30.8 Å². The fraction of sp³-hybridized carbons (Fsp3) is 0.333. The first-order valence-corrected chi connectivity index (χ1v) is 7.84. The number of carbonyl (C=O) groups excluding carboxylic acids is 3. The van der Waals surface area contributed by atoms with Gasteiger partial charge in [-0.1, -0.05) is 0 Å². The Labute approximate surface area is 153 Å². The molecule has 3 rings (SSSR count). The molecule has 2 fully saturated rings. The zero-order valence-corrected chi connectivity index (χ0v) is 14.5. The summed E-state index contributed by atoms with van der Waals surface area (Å²) in [5, 5.41) is 21.3. The number of nitrogens with zero attached hydrogens (tertiary/aromatic N) is 2. The summed E-state index contributed by atoms with van der Waals surface area (Å²) in [7, 11) is 2.78. The number of phenolic OH excluding ortho intramolecular Hbond substituents is 1. The molecule has 5 amide bonds. The van der Waals surface area contributed by atoms with Gasteiger partial charge in [-0.3, -0.25) is 9.69 Å². The SMILES string of the molecule is COc1cc(/C=N\NC(=O)CN2C(=O)N[C@@H]3NC(=O)N[C@@H]32)cc(OC)c1O. The van der Waals surface area contributed by atoms with Crippen LogP contribution in [-0.2, 0) is 4.79 Å². The smallest absolute Gasteiger partial charge is 0.321 e. The Morgan fingerprint density at radius 2 is 1.93 bits per heavy atom. The summed E-state index contributed by atoms with van der Waals surface area (Å²) in [6, 6.07) is 2.10. The third-order valence-corrected chi connectivity index (χ3v) is 3.98. The Kier molecular flexibility index (Phi) is 4.88. The van der Waals surface area contributed by atoms with Crippen LogP contribution in [0.4, 0.5) is 9.59 Å². The van der Waals surface area contributed by atoms with Crippen LogP contribution in [0.25, 0.3) is 0 Å². The molecule has 0 bridgehead atoms. The number of hydrazone groups is 1. The third-order valence-electron chi connectivity index (χ3n) is 3.98. The number of methoxy groups -OCH3 is 2. The molecule has 2 heterocycles. The highest BCUT2D eigenvalue weighted by atomic mass is 16.5. The first-order chi connectivity index (χ1) is 12.9. The van der Waals surface area contributed by atoms with E-state index in [1.165, 1.54) is 37.5 Å². The summed E-state index contributed by atoms with van der Waals surface area (Å²) in [5.41, 5.74) is 2.80. The number of phenols is 1. The zero-order chi connectivity index (χ0) is 19.6. The van der Waals surface area contributed by atoms with E-state index >= 15 is 0 Å². The lowest BCUT2D eigenvalue weighted by Crippen LogP contribution is -2.47. The predicted molar refractivity (Wildman–Crippen MR) is 91.4 cm³/mol. The highest BCUT2D eigenvalue weighted by Gasteiger charge is 2.45. The lowest BCUT2D eigenvalue weighted by Gasteiger charge is -2.19. The number of benzene rings is 1. The second-order valence-electron chi connectivity index (χ2n) is 5.68. The minimum atomic E-state index is -0.648. The standard InChI is InChI=1S/C15H18N6O6/c1-26-8-3-7(4-9(27-2)11(8)23)5-16-20-10(22)6-21-13-12(18-15(21)25)17-14(24)19-13/h3-5,12-13,23H,6H2,1-2H3,(H,18,25)(H,20,22)(H2,17,19,24)/b16-5-/t12-,13+/m0/s1. The summed E-state index contributed by atoms with van der Waals surface area (Å²) in [6.45, 7) is -0.297. The van der Waals surface area contributed by atoms with Crippen LogP contribution in [0.15, 0.2) is 17.2 Å². The topological polar surface area (TPSA) is 154 Å². The van der Waals surface area contributed by atoms with E-state index in [2.05, 4.69) is 26.5 Å². The Hall–Kier alpha value is -3.70. The number of nitrogens with one attached hydrogen (secondary N) is 4. The van der Waals surface area contributed by atoms with Gasteiger partial charge in [-0.05, 0) is 12.1 Å². The van der Waals surface area contributed by atoms with Crippen LogP contribution in [0.1, 0.15) is 5.56 Å². The average Bonchev–Trinajstić information content (AvgIpc) is 3.12. The first-order valence-electron chi connectivity index (χ1n) is 7.84. The third kappa shape index (κ3) is 3.63. The summed E-state index contributed by atoms with van der Waals surface area (Å²) in [4.78, 5) is 36.4. The Morgan fingerprint density at radius 1 is 1.26 bits per heavy atom. The molecule has 0 spiro atoms. The number of ether oxygens (including phenoxy) is 2. The second-order valence-corrected chi connectivity index (χ2v) is 5.68. The van der Waals surface area contributed by atoms with Crippen molar-refractivity contribution in [1.82, 2.24) is 26.3 Å². The Bertz CT molecular complexity index is 787. The number of urea groups is 2. The van der Waals surface area contributed by atoms with Gasteiger partial charge in [-0.2, -0.15) is 5.10 Å². The molecule has 1 aromatic carbocycles. The number of fused-ring (bicyclic) bond motifs is 1. The number of rotatable bonds is 6. The lowest BCUT2D eigenvalue weighted by molar-refractivity contribution is -0.121. The van der Waals surface area contributed by atoms with Crippen molar-refractivity contribution in [3.8, 4) is 17.2 Å². The van der Waals surface area contributed by atoms with E-state index < -0.39 is 30.3 Å². The van der Waals surface area contributed by atoms with Crippen LogP contribution in [0.5, 0.6) is 17.2 Å². The fourth-order valence-electron chi connectivity index (χ4n) is 2.72. The van der Waals surface area contributed by atoms with Gasteiger partial charge in [0, 0.05) is 5.56 Å². The maximum Gasteiger partial charge on any atom is 0.321 e. The van der Waals surface area contributed by atoms with Crippen molar-refractivity contribution in [2.45, 2.75) is 12.3 Å². The monoisotopic (exact) mass is 378 g/mol. The first kappa shape index (κ1) is 18.1. The van der Waals surface area contributed by atoms with Gasteiger partial charge < -0.3 is 30.5 Å². The molecule has 2 aliphatic rings. The Morgan fingerprint density at radius 3 is 2.56 bits per heavy atom. The van der Waals surface area contributed by atoms with Gasteiger partial charge in [0.2, 0.25) is 5.75 Å². The highest BCUT2D eigenvalue weighted by molar-refractivity contribution is 5.89. The molecular weight excluding hydrogens is 360 g/mol. The van der Waals surface area contributed by atoms with Crippen molar-refractivity contribution in [1.29, 1.82) is 0 Å². The quantitative estimate of drug-likeness (QED) is 0.311. The van der Waals surface area contributed by atoms with Gasteiger partial charge in [0.05, 0.1) is 20.4 Å². The highest BCUT2D eigenvalue weighted by Crippen LogP contribution is 2.36. The zero-order valence-electron chi connectivity index (χ0n) is 14.5. The van der Waals surface area contributed by atoms with E-state index in [0.29, 0.717) is 5.56 Å². The molecule has 1 aromatic rings. The van der Waals surface area contributed by atoms with Crippen molar-refractivity contribution in [2.75, 3.05) is 20.8 Å². The maximum atomic E-state index is 12.0. The number of carbonyl (C=O) groups is 3. The molecule has 0 radical (unpaired) electrons. The molecule has 144 valence electrons. The maximum absolute atomic E-state index is 12.0. The number of hydrogen-bond acceptors (Lipinski definition) is 7. The van der Waals surface area contributed by atoms with E-state index in [1.807, 2.05) is 0 Å². The second kappa shape index (κ2) is 7.27. The number of aromatic hydroxyl groups is 1. The number of amides is 5. The Balaban J connectivity index is 1.61. The summed E-state index contributed by atoms with van der Waals surface area (Å²) >= 11 is 0. The molecule has 0 aromatic heterocycles. The van der Waals surface area contributed by atoms with Gasteiger partial charge in [0.25, 0.3) is 5.91 Å². The largest absolute Gasteiger partial charge is 0.502 e. The van der Waals surface area contributed by atoms with E-state index in [0.717, 1.165) is 0 Å². The van der Waals surface area contributed by atoms with Crippen LogP contribution in [-0.4, -0.2) is 67.3 Å². The normalized spacial score (nSPS) is 20.7. The summed E-state index contributed by atoms with van der Waals surface area (Å²) < 4.78 is 10.1. The number of hydrogen-bond donors (Lipinski definition) is 5. The molecule has 0 aliphatic carbocycles. The van der Waals surface area contributed by atoms with Crippen LogP contribution in [0, 0.1) is 0 Å². The van der Waals surface area contributed by atoms with Gasteiger partial charge in [0.15, 0.2) is 11.5 Å². The molecule has 5 N–H and O–H groups in total. The van der Waals surface area contributed by atoms with Crippen molar-refractivity contribution >= 4 is 24.2 Å². The molecule has 2 saturated heterocycles. The van der Waals surface area contributed by atoms with Gasteiger partial charge in [0.1, 0.15) is 18.9 Å². The van der Waals surface area contributed by atoms with E-state index in [1.54, 1.807) is 0 Å². The molecule has 12 heteroatoms. The van der Waals surface area contributed by atoms with E-state index in [9.17, 15) is 19.5 Å². The molecule has 0 saturated carbocycles. The van der Waals surface area contributed by atoms with E-state index in [4.69, 9.17) is 9.47 Å². The molecule has 2 aliphatic heterocycles. The minimum Gasteiger partial charge on any atom is -0.502 e. The average molecular weight is 378 g/mol. The van der Waals surface area contributed by atoms with Crippen molar-refractivity contribution < 1.29 is 29.0 Å². The predicted octanol–water partition coefficient (Wildman–Crippen LogP) is -1.15. The molecule has 0 unspecified atom stereocenters. The molecule has 27 heavy (non-hydrogen) atoms. The lowest BCUT2D eigenvalue weighted by atomic mass is 10.2. The summed E-state index contributed by atoms with van der Waals surface area (Å²) in [5.74, 6) is -0.332. The van der Waals surface area contributed by atoms with Crippen molar-refractivity contribution in [3.63, 3.8) is 0 Å². The molecular formula is C15H18N6O6. The summed E-state index contributed by atoms with van der Waals surface area (Å²) in [6.07, 6.45) is 0.0947. The van der Waals surface area contributed by atoms with Crippen LogP contribution >= 0.6 is 0 Å². The van der Waals surface area contributed by atoms with Crippen LogP contribution in [0.3, 0.4) is 0 Å². The molecule has 2 atom stereocenters. The van der Waals surface area contributed by atoms with Gasteiger partial charge >= 0.3 is 12.1 Å². The fourth-order valence-corrected chi connectivity index (χ4v) is 2.72. The van der Waals surface area contributed by atoms with Crippen molar-refractivity contribution in [2.24, 2.45) is 5.10 Å². The van der Waals surface area contributed by atoms with E-state index in [-0.39, 0.29) is 23.8 Å². The van der Waals surface area contributed by atoms with Crippen LogP contribution in [0.2, 0.25) is 0 Å². The molecule has 12 nitrogen and oxygen atoms in total. The van der Waals surface area contributed by atoms with Gasteiger partial charge in [-0.25, -0.2) is 15.0 Å².